The minimum atomic E-state index is -0.536. The number of rotatable bonds is 16. The SMILES string of the molecule is O=C1c2cccc(-n3c4ccccc4c4cc(-c5nc(-c6ccccc6)nc(-c6ccccc6)n5)ccc43)c2C(=O)N1c1ccc(-c2cc3c(c(-n4c5ccc(-c6nc(-c7ccccc7)nc(-c7ccccc7)n6)cc5c5cc(-c6nc(-c7ccccc7)nc(-c7ccccc7)n6)ccc54)c2)C(=O)N(c2ccccc2-c2ccccc2)C3=O)cc1-c1ccccc1. The first-order valence-corrected chi connectivity index (χ1v) is 41.3. The van der Waals surface area contributed by atoms with E-state index in [-0.39, 0.29) is 22.3 Å². The van der Waals surface area contributed by atoms with Gasteiger partial charge in [0.25, 0.3) is 23.6 Å². The average Bonchev–Trinajstić information content (AvgIpc) is 1.56. The standard InChI is InChI=1S/C109H65N13O4/c123-106-81-48-29-51-93(119-88-50-28-26-47-80(88)83-61-75(53-57-90(83)119)103-113-97(68-34-13-3-14-35-68)110-98(114-103)69-36-15-4-16-37-69)95(81)108(125)122(106)89-56-52-74(60-82(89)67-32-11-2-12-33-67)78-64-86-96(109(126)121(107(86)124)87-49-27-25-46-79(87)66-30-9-1-10-31-66)94(65-78)120-91-58-54-76(104-115-99(70-38-17-5-18-39-70)111-100(116-104)71-40-19-6-20-41-71)62-84(91)85-63-77(55-59-92(85)120)105-117-101(72-42-21-7-22-43-72)112-102(118-105)73-44-23-8-24-45-73/h1-65H. The molecule has 17 nitrogen and oxygen atoms in total. The second-order valence-electron chi connectivity index (χ2n) is 31.0. The minimum Gasteiger partial charge on any atom is -0.308 e. The Morgan fingerprint density at radius 3 is 0.865 bits per heavy atom. The van der Waals surface area contributed by atoms with Gasteiger partial charge in [-0.15, -0.1) is 0 Å². The molecule has 0 spiro atoms. The third kappa shape index (κ3) is 12.6. The fourth-order valence-corrected chi connectivity index (χ4v) is 17.6. The van der Waals surface area contributed by atoms with Crippen LogP contribution in [0.25, 0.3) is 191 Å². The minimum absolute atomic E-state index is 0.150. The normalized spacial score (nSPS) is 12.5. The molecule has 2 aliphatic heterocycles. The largest absolute Gasteiger partial charge is 0.308 e. The van der Waals surface area contributed by atoms with Gasteiger partial charge in [-0.3, -0.25) is 19.2 Å². The van der Waals surface area contributed by atoms with Gasteiger partial charge in [0.05, 0.1) is 67.1 Å². The summed E-state index contributed by atoms with van der Waals surface area (Å²) in [6.45, 7) is 0. The van der Waals surface area contributed by atoms with E-state index in [1.807, 2.05) is 358 Å². The van der Waals surface area contributed by atoms with Crippen LogP contribution in [-0.4, -0.2) is 77.6 Å². The number of hydrogen-bond acceptors (Lipinski definition) is 13. The lowest BCUT2D eigenvalue weighted by Gasteiger charge is -2.21. The quantitative estimate of drug-likeness (QED) is 0.0828. The molecule has 0 atom stereocenters. The highest BCUT2D eigenvalue weighted by Gasteiger charge is 2.43. The number of para-hydroxylation sites is 2. The molecule has 126 heavy (non-hydrogen) atoms. The van der Waals surface area contributed by atoms with Crippen LogP contribution >= 0.6 is 0 Å². The van der Waals surface area contributed by atoms with Crippen LogP contribution in [0.4, 0.5) is 11.4 Å². The zero-order valence-electron chi connectivity index (χ0n) is 67.0. The van der Waals surface area contributed by atoms with Gasteiger partial charge in [-0.1, -0.05) is 291 Å². The molecule has 2 aliphatic rings. The lowest BCUT2D eigenvalue weighted by molar-refractivity contribution is 0.0910. The highest BCUT2D eigenvalue weighted by atomic mass is 16.2. The van der Waals surface area contributed by atoms with Crippen LogP contribution in [0, 0.1) is 0 Å². The average molecular weight is 1620 g/mol. The first-order valence-electron chi connectivity index (χ1n) is 41.3. The number of benzene rings is 16. The lowest BCUT2D eigenvalue weighted by atomic mass is 9.94. The molecule has 16 aromatic carbocycles. The maximum Gasteiger partial charge on any atom is 0.268 e. The van der Waals surface area contributed by atoms with Crippen molar-refractivity contribution >= 4 is 78.6 Å². The van der Waals surface area contributed by atoms with Gasteiger partial charge in [0.2, 0.25) is 0 Å². The molecule has 17 heteroatoms. The van der Waals surface area contributed by atoms with Crippen molar-refractivity contribution in [1.29, 1.82) is 0 Å². The zero-order chi connectivity index (χ0) is 84.0. The van der Waals surface area contributed by atoms with E-state index < -0.39 is 23.6 Å². The molecular formula is C109H65N13O4. The molecule has 0 bridgehead atoms. The van der Waals surface area contributed by atoms with Crippen molar-refractivity contribution in [2.45, 2.75) is 0 Å². The van der Waals surface area contributed by atoms with Crippen LogP contribution in [0.5, 0.6) is 0 Å². The summed E-state index contributed by atoms with van der Waals surface area (Å²) in [5, 5.41) is 3.28. The van der Waals surface area contributed by atoms with E-state index in [1.165, 1.54) is 9.80 Å². The molecule has 4 amide bonds. The van der Waals surface area contributed by atoms with Crippen molar-refractivity contribution < 1.29 is 19.2 Å². The Labute approximate surface area is 721 Å². The summed E-state index contributed by atoms with van der Waals surface area (Å²) in [6.07, 6.45) is 0. The number of amides is 4. The number of fused-ring (bicyclic) bond motifs is 8. The predicted octanol–water partition coefficient (Wildman–Crippen LogP) is 24.0. The Kier molecular flexibility index (Phi) is 17.7. The van der Waals surface area contributed by atoms with E-state index in [1.54, 1.807) is 12.1 Å². The molecular weight excluding hydrogens is 1560 g/mol. The predicted molar refractivity (Wildman–Crippen MR) is 496 cm³/mol. The van der Waals surface area contributed by atoms with E-state index in [9.17, 15) is 0 Å². The Balaban J connectivity index is 0.704. The van der Waals surface area contributed by atoms with Gasteiger partial charge in [0.1, 0.15) is 0 Å². The fraction of sp³-hybridized carbons (Fsp3) is 0. The molecule has 5 aromatic heterocycles. The van der Waals surface area contributed by atoms with E-state index in [4.69, 9.17) is 44.9 Å². The van der Waals surface area contributed by atoms with Crippen LogP contribution in [-0.2, 0) is 0 Å². The van der Waals surface area contributed by atoms with E-state index in [2.05, 4.69) is 33.4 Å². The van der Waals surface area contributed by atoms with Crippen molar-refractivity contribution in [3.8, 4) is 147 Å². The number of imide groups is 2. The van der Waals surface area contributed by atoms with Crippen molar-refractivity contribution in [2.75, 3.05) is 9.80 Å². The van der Waals surface area contributed by atoms with Crippen LogP contribution in [0.1, 0.15) is 41.4 Å². The number of hydrogen-bond donors (Lipinski definition) is 0. The van der Waals surface area contributed by atoms with E-state index in [0.717, 1.165) is 77.1 Å². The van der Waals surface area contributed by atoms with Gasteiger partial charge >= 0.3 is 0 Å². The monoisotopic (exact) mass is 1620 g/mol. The molecule has 0 N–H and O–H groups in total. The summed E-state index contributed by atoms with van der Waals surface area (Å²) in [7, 11) is 0. The third-order valence-electron chi connectivity index (χ3n) is 23.5. The molecule has 0 unspecified atom stereocenters. The number of carbonyl (C=O) groups is 4. The summed E-state index contributed by atoms with van der Waals surface area (Å²) in [4.78, 5) is 113. The van der Waals surface area contributed by atoms with Crippen LogP contribution in [0.2, 0.25) is 0 Å². The van der Waals surface area contributed by atoms with Gasteiger partial charge < -0.3 is 9.13 Å². The Hall–Kier alpha value is -17.6. The summed E-state index contributed by atoms with van der Waals surface area (Å²) >= 11 is 0. The Bertz CT molecular complexity index is 7680. The maximum atomic E-state index is 16.5. The first kappa shape index (κ1) is 73.6. The number of aromatic nitrogens is 11. The molecule has 7 heterocycles. The summed E-state index contributed by atoms with van der Waals surface area (Å²) in [6, 6.07) is 127. The van der Waals surface area contributed by atoms with Crippen molar-refractivity contribution in [1.82, 2.24) is 54.0 Å². The number of nitrogens with zero attached hydrogens (tertiary/aromatic N) is 13. The first-order chi connectivity index (χ1) is 62.1. The van der Waals surface area contributed by atoms with Crippen molar-refractivity contribution in [3.63, 3.8) is 0 Å². The molecule has 0 fully saturated rings. The third-order valence-corrected chi connectivity index (χ3v) is 23.5. The smallest absolute Gasteiger partial charge is 0.268 e. The summed E-state index contributed by atoms with van der Waals surface area (Å²) in [5.74, 6) is 2.24. The molecule has 23 rings (SSSR count). The molecule has 0 radical (unpaired) electrons. The topological polar surface area (TPSA) is 201 Å². The molecule has 590 valence electrons. The molecule has 0 aliphatic carbocycles. The Morgan fingerprint density at radius 2 is 0.444 bits per heavy atom. The maximum absolute atomic E-state index is 16.5. The molecule has 21 aromatic rings. The molecule has 0 saturated heterocycles. The Morgan fingerprint density at radius 1 is 0.159 bits per heavy atom. The van der Waals surface area contributed by atoms with Gasteiger partial charge in [-0.2, -0.15) is 0 Å². The zero-order valence-corrected chi connectivity index (χ0v) is 67.0. The summed E-state index contributed by atoms with van der Waals surface area (Å²) < 4.78 is 4.12. The summed E-state index contributed by atoms with van der Waals surface area (Å²) in [5.41, 5.74) is 16.3. The van der Waals surface area contributed by atoms with Crippen LogP contribution in [0.15, 0.2) is 394 Å². The molecule has 0 saturated carbocycles. The van der Waals surface area contributed by atoms with Crippen LogP contribution < -0.4 is 9.80 Å². The van der Waals surface area contributed by atoms with E-state index in [0.29, 0.717) is 125 Å². The highest BCUT2D eigenvalue weighted by molar-refractivity contribution is 6.38. The van der Waals surface area contributed by atoms with Gasteiger partial charge in [-0.05, 0) is 125 Å². The van der Waals surface area contributed by atoms with E-state index >= 15 is 19.2 Å². The number of carbonyl (C=O) groups excluding carboxylic acids is 4. The van der Waals surface area contributed by atoms with Gasteiger partial charge in [-0.25, -0.2) is 54.7 Å². The highest BCUT2D eigenvalue weighted by Crippen LogP contribution is 2.48. The second kappa shape index (κ2) is 30.3. The lowest BCUT2D eigenvalue weighted by Crippen LogP contribution is -2.30. The van der Waals surface area contributed by atoms with Gasteiger partial charge in [0.15, 0.2) is 52.4 Å². The van der Waals surface area contributed by atoms with Crippen molar-refractivity contribution in [3.05, 3.63) is 417 Å². The van der Waals surface area contributed by atoms with Crippen molar-refractivity contribution in [2.24, 2.45) is 0 Å². The second-order valence-corrected chi connectivity index (χ2v) is 31.0. The fourth-order valence-electron chi connectivity index (χ4n) is 17.6. The van der Waals surface area contributed by atoms with Gasteiger partial charge in [0, 0.05) is 82.7 Å². The van der Waals surface area contributed by atoms with Crippen LogP contribution in [0.3, 0.4) is 0 Å². The number of anilines is 2.